The smallest absolute Gasteiger partial charge is 0.142 e. The Balaban J connectivity index is 1.54. The molecule has 0 saturated carbocycles. The summed E-state index contributed by atoms with van der Waals surface area (Å²) in [6, 6.07) is 21.9. The summed E-state index contributed by atoms with van der Waals surface area (Å²) in [6.07, 6.45) is 3.64. The largest absolute Gasteiger partial charge is 0.360 e. The normalized spacial score (nSPS) is 27.8. The van der Waals surface area contributed by atoms with Crippen LogP contribution in [0.4, 0.5) is 0 Å². The number of likely N-dealkylation sites (N-methyl/N-ethyl adjacent to an activating group) is 1. The summed E-state index contributed by atoms with van der Waals surface area (Å²) in [5.41, 5.74) is 3.37. The molecular weight excluding hydrogens is 356 g/mol. The van der Waals surface area contributed by atoms with Crippen molar-refractivity contribution in [2.24, 2.45) is 0 Å². The molecule has 2 unspecified atom stereocenters. The van der Waals surface area contributed by atoms with Crippen LogP contribution in [0.2, 0.25) is 5.02 Å². The Kier molecular flexibility index (Phi) is 4.30. The molecular formula is C23H23ClN2O. The van der Waals surface area contributed by atoms with E-state index in [2.05, 4.69) is 47.4 Å². The van der Waals surface area contributed by atoms with E-state index in [9.17, 15) is 0 Å². The van der Waals surface area contributed by atoms with Crippen molar-refractivity contribution in [3.8, 4) is 11.3 Å². The van der Waals surface area contributed by atoms with E-state index in [-0.39, 0.29) is 0 Å². The van der Waals surface area contributed by atoms with Gasteiger partial charge in [-0.15, -0.1) is 0 Å². The molecule has 3 heterocycles. The molecule has 3 aromatic rings. The fourth-order valence-electron chi connectivity index (χ4n) is 5.10. The molecule has 2 saturated heterocycles. The first-order valence-electron chi connectivity index (χ1n) is 9.70. The minimum absolute atomic E-state index is 0.319. The molecule has 2 aliphatic heterocycles. The third-order valence-corrected chi connectivity index (χ3v) is 6.75. The molecule has 0 radical (unpaired) electrons. The summed E-state index contributed by atoms with van der Waals surface area (Å²) in [7, 11) is 2.27. The minimum atomic E-state index is 0.319. The number of fused-ring (bicyclic) bond motifs is 2. The van der Waals surface area contributed by atoms with Crippen LogP contribution in [0.5, 0.6) is 0 Å². The number of piperidine rings is 1. The van der Waals surface area contributed by atoms with E-state index in [1.54, 1.807) is 0 Å². The fraction of sp³-hybridized carbons (Fsp3) is 0.348. The third kappa shape index (κ3) is 2.99. The molecule has 5 rings (SSSR count). The summed E-state index contributed by atoms with van der Waals surface area (Å²) in [5.74, 6) is 1.76. The predicted molar refractivity (Wildman–Crippen MR) is 108 cm³/mol. The first kappa shape index (κ1) is 17.0. The SMILES string of the molecule is CN1C2CCC1[C@@H](c1cc(-c3ccccc3)no1)[C@@H](c1ccc(Cl)cc1)C2. The van der Waals surface area contributed by atoms with Gasteiger partial charge in [0, 0.05) is 34.7 Å². The van der Waals surface area contributed by atoms with Gasteiger partial charge in [0.25, 0.3) is 0 Å². The van der Waals surface area contributed by atoms with E-state index in [4.69, 9.17) is 16.1 Å². The lowest BCUT2D eigenvalue weighted by molar-refractivity contribution is 0.122. The standard InChI is InChI=1S/C23H23ClN2O/c1-26-18-11-12-21(26)23(19(13-18)15-7-9-17(24)10-8-15)22-14-20(25-27-22)16-5-3-2-4-6-16/h2-10,14,18-19,21,23H,11-13H2,1H3/t18?,19-,21?,23+/m1/s1. The van der Waals surface area contributed by atoms with Crippen molar-refractivity contribution < 1.29 is 4.52 Å². The van der Waals surface area contributed by atoms with Crippen molar-refractivity contribution in [2.45, 2.75) is 43.2 Å². The van der Waals surface area contributed by atoms with Crippen molar-refractivity contribution in [1.29, 1.82) is 0 Å². The molecule has 1 aromatic heterocycles. The fourth-order valence-corrected chi connectivity index (χ4v) is 5.22. The zero-order valence-corrected chi connectivity index (χ0v) is 16.1. The molecule has 4 atom stereocenters. The Morgan fingerprint density at radius 3 is 2.59 bits per heavy atom. The second-order valence-electron chi connectivity index (χ2n) is 7.86. The maximum Gasteiger partial charge on any atom is 0.142 e. The highest BCUT2D eigenvalue weighted by molar-refractivity contribution is 6.30. The zero-order valence-electron chi connectivity index (χ0n) is 15.4. The van der Waals surface area contributed by atoms with Crippen LogP contribution in [0.3, 0.4) is 0 Å². The number of benzene rings is 2. The molecule has 0 spiro atoms. The Morgan fingerprint density at radius 2 is 1.81 bits per heavy atom. The van der Waals surface area contributed by atoms with Crippen molar-refractivity contribution in [3.05, 3.63) is 77.0 Å². The highest BCUT2D eigenvalue weighted by atomic mass is 35.5. The van der Waals surface area contributed by atoms with Crippen molar-refractivity contribution in [1.82, 2.24) is 10.1 Å². The first-order chi connectivity index (χ1) is 13.2. The van der Waals surface area contributed by atoms with E-state index >= 15 is 0 Å². The lowest BCUT2D eigenvalue weighted by Crippen LogP contribution is -2.44. The number of hydrogen-bond acceptors (Lipinski definition) is 3. The predicted octanol–water partition coefficient (Wildman–Crippen LogP) is 5.73. The van der Waals surface area contributed by atoms with Gasteiger partial charge < -0.3 is 4.52 Å². The van der Waals surface area contributed by atoms with Gasteiger partial charge in [-0.2, -0.15) is 0 Å². The van der Waals surface area contributed by atoms with E-state index in [0.29, 0.717) is 23.9 Å². The summed E-state index contributed by atoms with van der Waals surface area (Å²) in [4.78, 5) is 2.56. The molecule has 0 amide bonds. The molecule has 27 heavy (non-hydrogen) atoms. The topological polar surface area (TPSA) is 29.3 Å². The van der Waals surface area contributed by atoms with Crippen molar-refractivity contribution in [3.63, 3.8) is 0 Å². The van der Waals surface area contributed by atoms with Crippen LogP contribution in [-0.4, -0.2) is 29.2 Å². The monoisotopic (exact) mass is 378 g/mol. The van der Waals surface area contributed by atoms with Crippen molar-refractivity contribution in [2.75, 3.05) is 7.05 Å². The Morgan fingerprint density at radius 1 is 1.04 bits per heavy atom. The van der Waals surface area contributed by atoms with E-state index in [0.717, 1.165) is 28.5 Å². The van der Waals surface area contributed by atoms with Crippen LogP contribution in [0.15, 0.2) is 65.2 Å². The van der Waals surface area contributed by atoms with Crippen LogP contribution in [-0.2, 0) is 0 Å². The van der Waals surface area contributed by atoms with Gasteiger partial charge in [0.05, 0.1) is 0 Å². The second-order valence-corrected chi connectivity index (χ2v) is 8.30. The molecule has 3 nitrogen and oxygen atoms in total. The molecule has 2 bridgehead atoms. The first-order valence-corrected chi connectivity index (χ1v) is 10.1. The van der Waals surface area contributed by atoms with E-state index in [1.807, 2.05) is 30.3 Å². The zero-order chi connectivity index (χ0) is 18.4. The van der Waals surface area contributed by atoms with Crippen LogP contribution in [0, 0.1) is 0 Å². The summed E-state index contributed by atoms with van der Waals surface area (Å²) >= 11 is 6.13. The lowest BCUT2D eigenvalue weighted by atomic mass is 9.75. The second kappa shape index (κ2) is 6.81. The lowest BCUT2D eigenvalue weighted by Gasteiger charge is -2.42. The number of halogens is 1. The molecule has 138 valence electrons. The number of rotatable bonds is 3. The third-order valence-electron chi connectivity index (χ3n) is 6.49. The Bertz CT molecular complexity index is 921. The van der Waals surface area contributed by atoms with Crippen LogP contribution < -0.4 is 0 Å². The quantitative estimate of drug-likeness (QED) is 0.582. The molecule has 2 fully saturated rings. The molecule has 0 N–H and O–H groups in total. The van der Waals surface area contributed by atoms with Gasteiger partial charge in [0.15, 0.2) is 0 Å². The number of aromatic nitrogens is 1. The minimum Gasteiger partial charge on any atom is -0.360 e. The van der Waals surface area contributed by atoms with Crippen molar-refractivity contribution >= 4 is 11.6 Å². The maximum atomic E-state index is 6.13. The molecule has 4 heteroatoms. The van der Waals surface area contributed by atoms with Crippen LogP contribution in [0.1, 0.15) is 42.4 Å². The number of nitrogens with zero attached hydrogens (tertiary/aromatic N) is 2. The summed E-state index contributed by atoms with van der Waals surface area (Å²) < 4.78 is 5.93. The Labute approximate surface area is 164 Å². The molecule has 0 aliphatic carbocycles. The van der Waals surface area contributed by atoms with Gasteiger partial charge in [-0.3, -0.25) is 4.90 Å². The van der Waals surface area contributed by atoms with Gasteiger partial charge in [-0.1, -0.05) is 59.2 Å². The molecule has 2 aromatic carbocycles. The molecule has 2 aliphatic rings. The van der Waals surface area contributed by atoms with Gasteiger partial charge >= 0.3 is 0 Å². The van der Waals surface area contributed by atoms with Gasteiger partial charge in [-0.25, -0.2) is 0 Å². The summed E-state index contributed by atoms with van der Waals surface area (Å²) in [6.45, 7) is 0. The maximum absolute atomic E-state index is 6.13. The average molecular weight is 379 g/mol. The Hall–Kier alpha value is -2.10. The highest BCUT2D eigenvalue weighted by Crippen LogP contribution is 2.51. The van der Waals surface area contributed by atoms with E-state index in [1.165, 1.54) is 18.4 Å². The van der Waals surface area contributed by atoms with E-state index < -0.39 is 0 Å². The van der Waals surface area contributed by atoms with Gasteiger partial charge in [0.1, 0.15) is 11.5 Å². The van der Waals surface area contributed by atoms with Gasteiger partial charge in [-0.05, 0) is 49.9 Å². The highest BCUT2D eigenvalue weighted by Gasteiger charge is 2.48. The summed E-state index contributed by atoms with van der Waals surface area (Å²) in [5, 5.41) is 5.19. The number of hydrogen-bond donors (Lipinski definition) is 0. The van der Waals surface area contributed by atoms with Crippen LogP contribution >= 0.6 is 11.6 Å². The average Bonchev–Trinajstić information content (AvgIpc) is 3.26. The van der Waals surface area contributed by atoms with Crippen LogP contribution in [0.25, 0.3) is 11.3 Å². The van der Waals surface area contributed by atoms with Gasteiger partial charge in [0.2, 0.25) is 0 Å².